The molecule has 1 aromatic carbocycles. The van der Waals surface area contributed by atoms with Gasteiger partial charge in [-0.05, 0) is 31.5 Å². The van der Waals surface area contributed by atoms with E-state index in [1.807, 2.05) is 0 Å². The molecule has 4 heteroatoms. The van der Waals surface area contributed by atoms with Crippen molar-refractivity contribution in [2.75, 3.05) is 13.1 Å². The number of nitrogens with zero attached hydrogens (tertiary/aromatic N) is 2. The maximum absolute atomic E-state index is 5.68. The summed E-state index contributed by atoms with van der Waals surface area (Å²) in [6, 6.07) is 10.7. The molecule has 0 bridgehead atoms. The summed E-state index contributed by atoms with van der Waals surface area (Å²) in [6.45, 7) is 3.33. The Bertz CT molecular complexity index is 441. The van der Waals surface area contributed by atoms with E-state index in [0.717, 1.165) is 26.1 Å². The first-order valence-corrected chi connectivity index (χ1v) is 7.06. The number of benzene rings is 1. The second-order valence-electron chi connectivity index (χ2n) is 5.53. The molecular weight excluding hydrogens is 235 g/mol. The zero-order valence-electron chi connectivity index (χ0n) is 11.2. The Balaban J connectivity index is 1.47. The summed E-state index contributed by atoms with van der Waals surface area (Å²) in [5.74, 6) is 0.608. The lowest BCUT2D eigenvalue weighted by Gasteiger charge is -2.33. The molecule has 3 nitrogen and oxygen atoms in total. The number of rotatable bonds is 3. The monoisotopic (exact) mass is 254 g/mol. The third-order valence-corrected chi connectivity index (χ3v) is 4.12. The van der Waals surface area contributed by atoms with Crippen LogP contribution in [0.5, 0.6) is 0 Å². The molecule has 0 aromatic heterocycles. The summed E-state index contributed by atoms with van der Waals surface area (Å²) in [7, 11) is 5.68. The summed E-state index contributed by atoms with van der Waals surface area (Å²) >= 11 is 0. The third kappa shape index (κ3) is 3.18. The molecule has 2 radical (unpaired) electrons. The van der Waals surface area contributed by atoms with Crippen molar-refractivity contribution >= 4 is 13.5 Å². The van der Waals surface area contributed by atoms with Crippen molar-refractivity contribution in [3.05, 3.63) is 35.9 Å². The van der Waals surface area contributed by atoms with Crippen LogP contribution < -0.4 is 0 Å². The van der Waals surface area contributed by atoms with Crippen LogP contribution in [0.25, 0.3) is 0 Å². The van der Waals surface area contributed by atoms with Crippen LogP contribution in [0.1, 0.15) is 24.8 Å². The third-order valence-electron chi connectivity index (χ3n) is 4.12. The SMILES string of the molecule is [B]C1=NOC(C2CCN(Cc3ccccc3)CC2)C1. The fourth-order valence-corrected chi connectivity index (χ4v) is 2.99. The van der Waals surface area contributed by atoms with E-state index in [1.54, 1.807) is 0 Å². The Labute approximate surface area is 116 Å². The first-order chi connectivity index (χ1) is 9.31. The van der Waals surface area contributed by atoms with Crippen LogP contribution in [0.4, 0.5) is 0 Å². The summed E-state index contributed by atoms with van der Waals surface area (Å²) < 4.78 is 0. The molecule has 2 heterocycles. The van der Waals surface area contributed by atoms with Gasteiger partial charge in [-0.1, -0.05) is 30.3 Å². The molecule has 0 N–H and O–H groups in total. The minimum Gasteiger partial charge on any atom is -0.393 e. The summed E-state index contributed by atoms with van der Waals surface area (Å²) in [5.41, 5.74) is 2.04. The molecule has 0 spiro atoms. The molecule has 98 valence electrons. The van der Waals surface area contributed by atoms with Gasteiger partial charge in [0, 0.05) is 24.5 Å². The number of oxime groups is 1. The zero-order chi connectivity index (χ0) is 13.1. The van der Waals surface area contributed by atoms with E-state index in [4.69, 9.17) is 12.7 Å². The highest BCUT2D eigenvalue weighted by Crippen LogP contribution is 2.28. The predicted octanol–water partition coefficient (Wildman–Crippen LogP) is 2.17. The first-order valence-electron chi connectivity index (χ1n) is 7.06. The maximum Gasteiger partial charge on any atom is 0.140 e. The zero-order valence-corrected chi connectivity index (χ0v) is 11.2. The van der Waals surface area contributed by atoms with Crippen LogP contribution >= 0.6 is 0 Å². The highest BCUT2D eigenvalue weighted by molar-refractivity contribution is 6.59. The highest BCUT2D eigenvalue weighted by atomic mass is 16.6. The highest BCUT2D eigenvalue weighted by Gasteiger charge is 2.30. The topological polar surface area (TPSA) is 24.8 Å². The molecule has 0 saturated carbocycles. The van der Waals surface area contributed by atoms with E-state index < -0.39 is 0 Å². The van der Waals surface area contributed by atoms with Crippen LogP contribution in [0, 0.1) is 5.92 Å². The van der Waals surface area contributed by atoms with Crippen LogP contribution in [0.15, 0.2) is 35.5 Å². The molecule has 3 rings (SSSR count). The fraction of sp³-hybridized carbons (Fsp3) is 0.533. The van der Waals surface area contributed by atoms with Gasteiger partial charge in [-0.15, -0.1) is 5.16 Å². The van der Waals surface area contributed by atoms with E-state index in [2.05, 4.69) is 40.4 Å². The summed E-state index contributed by atoms with van der Waals surface area (Å²) in [4.78, 5) is 7.92. The summed E-state index contributed by atoms with van der Waals surface area (Å²) in [6.07, 6.45) is 3.39. The van der Waals surface area contributed by atoms with Crippen molar-refractivity contribution in [2.24, 2.45) is 11.1 Å². The van der Waals surface area contributed by atoms with Crippen molar-refractivity contribution in [3.63, 3.8) is 0 Å². The lowest BCUT2D eigenvalue weighted by atomic mass is 9.85. The molecule has 1 saturated heterocycles. The van der Waals surface area contributed by atoms with Crippen LogP contribution in [0.2, 0.25) is 0 Å². The van der Waals surface area contributed by atoms with Crippen LogP contribution in [-0.2, 0) is 11.4 Å². The van der Waals surface area contributed by atoms with Crippen molar-refractivity contribution < 1.29 is 4.84 Å². The van der Waals surface area contributed by atoms with Crippen molar-refractivity contribution in [2.45, 2.75) is 31.9 Å². The van der Waals surface area contributed by atoms with Crippen molar-refractivity contribution in [1.82, 2.24) is 4.90 Å². The van der Waals surface area contributed by atoms with Gasteiger partial charge in [-0.3, -0.25) is 4.90 Å². The van der Waals surface area contributed by atoms with E-state index in [-0.39, 0.29) is 6.10 Å². The van der Waals surface area contributed by atoms with Gasteiger partial charge in [0.15, 0.2) is 0 Å². The van der Waals surface area contributed by atoms with Crippen LogP contribution in [-0.4, -0.2) is 37.6 Å². The largest absolute Gasteiger partial charge is 0.393 e. The molecule has 1 aromatic rings. The minimum atomic E-state index is 0.221. The van der Waals surface area contributed by atoms with Crippen molar-refractivity contribution in [1.29, 1.82) is 0 Å². The van der Waals surface area contributed by atoms with E-state index in [0.29, 0.717) is 11.5 Å². The number of piperidine rings is 1. The van der Waals surface area contributed by atoms with Gasteiger partial charge in [0.25, 0.3) is 0 Å². The van der Waals surface area contributed by atoms with Crippen LogP contribution in [0.3, 0.4) is 0 Å². The Morgan fingerprint density at radius 1 is 1.21 bits per heavy atom. The minimum absolute atomic E-state index is 0.221. The lowest BCUT2D eigenvalue weighted by molar-refractivity contribution is 0.0127. The van der Waals surface area contributed by atoms with Gasteiger partial charge < -0.3 is 4.84 Å². The Hall–Kier alpha value is -1.29. The molecule has 19 heavy (non-hydrogen) atoms. The van der Waals surface area contributed by atoms with Gasteiger partial charge in [0.05, 0.1) is 0 Å². The standard InChI is InChI=1S/C15H19BN2O/c16-15-10-14(19-17-15)13-6-8-18(9-7-13)11-12-4-2-1-3-5-12/h1-5,13-14H,6-11H2. The number of likely N-dealkylation sites (tertiary alicyclic amines) is 1. The van der Waals surface area contributed by atoms with Gasteiger partial charge in [0.1, 0.15) is 14.0 Å². The van der Waals surface area contributed by atoms with Gasteiger partial charge in [0.2, 0.25) is 0 Å². The molecule has 0 amide bonds. The quantitative estimate of drug-likeness (QED) is 0.772. The van der Waals surface area contributed by atoms with E-state index in [1.165, 1.54) is 18.4 Å². The van der Waals surface area contributed by atoms with Gasteiger partial charge >= 0.3 is 0 Å². The average molecular weight is 254 g/mol. The number of hydrogen-bond acceptors (Lipinski definition) is 3. The Kier molecular flexibility index (Phi) is 3.88. The summed E-state index contributed by atoms with van der Waals surface area (Å²) in [5, 5.41) is 3.86. The molecule has 0 aliphatic carbocycles. The predicted molar refractivity (Wildman–Crippen MR) is 77.1 cm³/mol. The second kappa shape index (κ2) is 5.78. The smallest absolute Gasteiger partial charge is 0.140 e. The van der Waals surface area contributed by atoms with Crippen molar-refractivity contribution in [3.8, 4) is 0 Å². The molecule has 1 unspecified atom stereocenters. The van der Waals surface area contributed by atoms with E-state index >= 15 is 0 Å². The van der Waals surface area contributed by atoms with Gasteiger partial charge in [-0.25, -0.2) is 0 Å². The average Bonchev–Trinajstić information content (AvgIpc) is 2.87. The fourth-order valence-electron chi connectivity index (χ4n) is 2.99. The first kappa shape index (κ1) is 12.7. The molecule has 1 atom stereocenters. The normalized spacial score (nSPS) is 25.1. The van der Waals surface area contributed by atoms with E-state index in [9.17, 15) is 0 Å². The lowest BCUT2D eigenvalue weighted by Crippen LogP contribution is -2.37. The molecular formula is C15H19BN2O. The molecule has 2 aliphatic rings. The molecule has 1 fully saturated rings. The maximum atomic E-state index is 5.68. The second-order valence-corrected chi connectivity index (χ2v) is 5.53. The van der Waals surface area contributed by atoms with Gasteiger partial charge in [-0.2, -0.15) is 0 Å². The Morgan fingerprint density at radius 2 is 1.95 bits per heavy atom. The number of hydrogen-bond donors (Lipinski definition) is 0. The Morgan fingerprint density at radius 3 is 2.58 bits per heavy atom. The molecule has 2 aliphatic heterocycles.